The average molecular weight is 365 g/mol. The molecule has 0 saturated heterocycles. The number of urea groups is 1. The van der Waals surface area contributed by atoms with Crippen molar-refractivity contribution in [1.29, 1.82) is 0 Å². The summed E-state index contributed by atoms with van der Waals surface area (Å²) >= 11 is 0. The SMILES string of the molecule is C[C@H](NC(=O)CN1Cc2c(F)cncc2NC1=O)c1ncc(F)cc1F. The summed E-state index contributed by atoms with van der Waals surface area (Å²) in [6.07, 6.45) is 3.17. The summed E-state index contributed by atoms with van der Waals surface area (Å²) in [7, 11) is 0. The van der Waals surface area contributed by atoms with Gasteiger partial charge in [-0.3, -0.25) is 14.8 Å². The number of hydrogen-bond donors (Lipinski definition) is 2. The number of halogens is 3. The molecule has 0 aromatic carbocycles. The first-order chi connectivity index (χ1) is 12.3. The Labute approximate surface area is 146 Å². The number of nitrogens with zero attached hydrogens (tertiary/aromatic N) is 3. The lowest BCUT2D eigenvalue weighted by atomic mass is 10.1. The Hall–Kier alpha value is -3.17. The van der Waals surface area contributed by atoms with Crippen LogP contribution in [0.15, 0.2) is 24.7 Å². The number of nitrogens with one attached hydrogen (secondary N) is 2. The van der Waals surface area contributed by atoms with E-state index in [-0.39, 0.29) is 30.0 Å². The molecule has 26 heavy (non-hydrogen) atoms. The van der Waals surface area contributed by atoms with Crippen LogP contribution in [0.25, 0.3) is 0 Å². The van der Waals surface area contributed by atoms with Crippen LogP contribution in [0.5, 0.6) is 0 Å². The van der Waals surface area contributed by atoms with Crippen molar-refractivity contribution in [2.45, 2.75) is 19.5 Å². The third-order valence-electron chi connectivity index (χ3n) is 3.84. The zero-order chi connectivity index (χ0) is 18.8. The molecule has 0 fully saturated rings. The van der Waals surface area contributed by atoms with Gasteiger partial charge in [-0.05, 0) is 6.92 Å². The van der Waals surface area contributed by atoms with Gasteiger partial charge in [0.2, 0.25) is 5.91 Å². The molecule has 0 unspecified atom stereocenters. The zero-order valence-electron chi connectivity index (χ0n) is 13.6. The lowest BCUT2D eigenvalue weighted by molar-refractivity contribution is -0.122. The lowest BCUT2D eigenvalue weighted by Gasteiger charge is -2.29. The summed E-state index contributed by atoms with van der Waals surface area (Å²) in [6.45, 7) is 0.985. The average Bonchev–Trinajstić information content (AvgIpc) is 2.56. The predicted molar refractivity (Wildman–Crippen MR) is 84.3 cm³/mol. The van der Waals surface area contributed by atoms with E-state index in [0.717, 1.165) is 17.3 Å². The predicted octanol–water partition coefficient (Wildman–Crippen LogP) is 2.12. The second-order valence-electron chi connectivity index (χ2n) is 5.74. The van der Waals surface area contributed by atoms with E-state index in [9.17, 15) is 22.8 Å². The number of amides is 3. The molecule has 0 radical (unpaired) electrons. The molecular weight excluding hydrogens is 351 g/mol. The molecule has 2 aromatic rings. The molecule has 1 atom stereocenters. The maximum atomic E-state index is 13.8. The summed E-state index contributed by atoms with van der Waals surface area (Å²) in [5, 5.41) is 4.92. The summed E-state index contributed by atoms with van der Waals surface area (Å²) < 4.78 is 40.4. The number of aromatic nitrogens is 2. The summed E-state index contributed by atoms with van der Waals surface area (Å²) in [6, 6.07) is -0.764. The van der Waals surface area contributed by atoms with E-state index in [1.165, 1.54) is 13.1 Å². The molecule has 136 valence electrons. The Bertz CT molecular complexity index is 877. The van der Waals surface area contributed by atoms with Crippen molar-refractivity contribution >= 4 is 17.6 Å². The van der Waals surface area contributed by atoms with Crippen molar-refractivity contribution in [3.05, 3.63) is 53.4 Å². The number of anilines is 1. The number of pyridine rings is 2. The largest absolute Gasteiger partial charge is 0.346 e. The Morgan fingerprint density at radius 2 is 2.08 bits per heavy atom. The lowest BCUT2D eigenvalue weighted by Crippen LogP contribution is -2.45. The number of rotatable bonds is 4. The second-order valence-corrected chi connectivity index (χ2v) is 5.74. The van der Waals surface area contributed by atoms with Crippen molar-refractivity contribution in [3.8, 4) is 0 Å². The highest BCUT2D eigenvalue weighted by Gasteiger charge is 2.27. The van der Waals surface area contributed by atoms with Crippen LogP contribution in [0.3, 0.4) is 0 Å². The van der Waals surface area contributed by atoms with Crippen molar-refractivity contribution < 1.29 is 22.8 Å². The Kier molecular flexibility index (Phi) is 4.74. The van der Waals surface area contributed by atoms with Crippen LogP contribution in [0, 0.1) is 17.5 Å². The monoisotopic (exact) mass is 365 g/mol. The molecule has 1 aliphatic rings. The summed E-state index contributed by atoms with van der Waals surface area (Å²) in [5.41, 5.74) is 0.328. The fraction of sp³-hybridized carbons (Fsp3) is 0.250. The first kappa shape index (κ1) is 17.6. The van der Waals surface area contributed by atoms with Crippen LogP contribution in [0.4, 0.5) is 23.7 Å². The molecule has 0 saturated carbocycles. The molecular formula is C16H14F3N5O2. The van der Waals surface area contributed by atoms with Gasteiger partial charge in [0, 0.05) is 11.6 Å². The first-order valence-corrected chi connectivity index (χ1v) is 7.63. The number of carbonyl (C=O) groups excluding carboxylic acids is 2. The fourth-order valence-electron chi connectivity index (χ4n) is 2.59. The summed E-state index contributed by atoms with van der Waals surface area (Å²) in [5.74, 6) is -2.92. The van der Waals surface area contributed by atoms with Crippen molar-refractivity contribution in [2.24, 2.45) is 0 Å². The molecule has 7 nitrogen and oxygen atoms in total. The minimum Gasteiger partial charge on any atom is -0.346 e. The number of fused-ring (bicyclic) bond motifs is 1. The molecule has 2 N–H and O–H groups in total. The number of carbonyl (C=O) groups is 2. The molecule has 0 bridgehead atoms. The van der Waals surface area contributed by atoms with Crippen molar-refractivity contribution in [2.75, 3.05) is 11.9 Å². The van der Waals surface area contributed by atoms with Crippen LogP contribution in [-0.4, -0.2) is 33.4 Å². The molecule has 2 aromatic heterocycles. The highest BCUT2D eigenvalue weighted by Crippen LogP contribution is 2.24. The molecule has 1 aliphatic heterocycles. The van der Waals surface area contributed by atoms with E-state index in [1.807, 2.05) is 0 Å². The Morgan fingerprint density at radius 1 is 1.31 bits per heavy atom. The van der Waals surface area contributed by atoms with Gasteiger partial charge in [0.05, 0.1) is 42.6 Å². The van der Waals surface area contributed by atoms with Crippen LogP contribution >= 0.6 is 0 Å². The van der Waals surface area contributed by atoms with Gasteiger partial charge in [0.15, 0.2) is 0 Å². The standard InChI is InChI=1S/C16H14F3N5O2/c1-8(15-11(18)2-9(17)3-21-15)22-14(25)7-24-6-10-12(19)4-20-5-13(10)23-16(24)26/h2-5,8H,6-7H2,1H3,(H,22,25)(H,23,26)/t8-/m0/s1. The minimum absolute atomic E-state index is 0.111. The van der Waals surface area contributed by atoms with E-state index in [0.29, 0.717) is 6.07 Å². The topological polar surface area (TPSA) is 87.2 Å². The van der Waals surface area contributed by atoms with Gasteiger partial charge < -0.3 is 15.5 Å². The van der Waals surface area contributed by atoms with Gasteiger partial charge in [0.25, 0.3) is 0 Å². The molecule has 0 spiro atoms. The van der Waals surface area contributed by atoms with Gasteiger partial charge in [-0.1, -0.05) is 0 Å². The maximum Gasteiger partial charge on any atom is 0.322 e. The minimum atomic E-state index is -0.892. The molecule has 3 heterocycles. The normalized spacial score (nSPS) is 14.5. The van der Waals surface area contributed by atoms with E-state index in [1.54, 1.807) is 0 Å². The highest BCUT2D eigenvalue weighted by atomic mass is 19.1. The molecule has 10 heteroatoms. The highest BCUT2D eigenvalue weighted by molar-refractivity contribution is 5.94. The van der Waals surface area contributed by atoms with E-state index in [2.05, 4.69) is 20.6 Å². The van der Waals surface area contributed by atoms with Crippen LogP contribution in [-0.2, 0) is 11.3 Å². The molecule has 3 amide bonds. The Morgan fingerprint density at radius 3 is 2.81 bits per heavy atom. The van der Waals surface area contributed by atoms with Gasteiger partial charge in [-0.15, -0.1) is 0 Å². The van der Waals surface area contributed by atoms with Crippen LogP contribution < -0.4 is 10.6 Å². The van der Waals surface area contributed by atoms with Gasteiger partial charge in [-0.25, -0.2) is 18.0 Å². The maximum absolute atomic E-state index is 13.8. The second kappa shape index (κ2) is 6.98. The fourth-order valence-corrected chi connectivity index (χ4v) is 2.59. The molecule has 0 aliphatic carbocycles. The summed E-state index contributed by atoms with van der Waals surface area (Å²) in [4.78, 5) is 32.5. The van der Waals surface area contributed by atoms with Crippen molar-refractivity contribution in [3.63, 3.8) is 0 Å². The third kappa shape index (κ3) is 3.58. The van der Waals surface area contributed by atoms with Crippen LogP contribution in [0.1, 0.15) is 24.2 Å². The smallest absolute Gasteiger partial charge is 0.322 e. The van der Waals surface area contributed by atoms with Crippen molar-refractivity contribution in [1.82, 2.24) is 20.2 Å². The first-order valence-electron chi connectivity index (χ1n) is 7.63. The van der Waals surface area contributed by atoms with E-state index >= 15 is 0 Å². The molecule has 3 rings (SSSR count). The third-order valence-corrected chi connectivity index (χ3v) is 3.84. The number of hydrogen-bond acceptors (Lipinski definition) is 4. The Balaban J connectivity index is 1.66. The van der Waals surface area contributed by atoms with Crippen LogP contribution in [0.2, 0.25) is 0 Å². The van der Waals surface area contributed by atoms with E-state index < -0.39 is 35.4 Å². The zero-order valence-corrected chi connectivity index (χ0v) is 13.6. The quantitative estimate of drug-likeness (QED) is 0.869. The van der Waals surface area contributed by atoms with Gasteiger partial charge in [0.1, 0.15) is 24.0 Å². The van der Waals surface area contributed by atoms with E-state index in [4.69, 9.17) is 0 Å². The van der Waals surface area contributed by atoms with Gasteiger partial charge >= 0.3 is 6.03 Å². The van der Waals surface area contributed by atoms with Gasteiger partial charge in [-0.2, -0.15) is 0 Å².